The van der Waals surface area contributed by atoms with E-state index in [1.807, 2.05) is 40.8 Å². The zero-order valence-electron chi connectivity index (χ0n) is 9.22. The van der Waals surface area contributed by atoms with E-state index in [0.717, 1.165) is 21.9 Å². The van der Waals surface area contributed by atoms with Crippen molar-refractivity contribution < 1.29 is 0 Å². The van der Waals surface area contributed by atoms with Crippen LogP contribution < -0.4 is 0 Å². The smallest absolute Gasteiger partial charge is 0.152 e. The van der Waals surface area contributed by atoms with Gasteiger partial charge in [-0.15, -0.1) is 0 Å². The Hall–Kier alpha value is -1.39. The molecule has 0 radical (unpaired) electrons. The topological polar surface area (TPSA) is 21.1 Å². The number of halogens is 1. The fraction of sp³-hybridized carbons (Fsp3) is 0.167. The van der Waals surface area contributed by atoms with Gasteiger partial charge in [-0.3, -0.25) is 4.57 Å². The predicted octanol–water partition coefficient (Wildman–Crippen LogP) is 2.65. The van der Waals surface area contributed by atoms with Gasteiger partial charge in [0, 0.05) is 12.6 Å². The first kappa shape index (κ1) is 10.7. The molecule has 0 atom stereocenters. The van der Waals surface area contributed by atoms with E-state index in [0.29, 0.717) is 11.7 Å². The number of nitrogens with zero attached hydrogens (tertiary/aromatic N) is 3. The number of thiocarbonyl (C=S) groups is 1. The first-order valence-electron chi connectivity index (χ1n) is 5.25. The molecule has 1 aliphatic rings. The van der Waals surface area contributed by atoms with Gasteiger partial charge in [0.25, 0.3) is 0 Å². The summed E-state index contributed by atoms with van der Waals surface area (Å²) in [5.41, 5.74) is 3.05. The highest BCUT2D eigenvalue weighted by molar-refractivity contribution is 7.80. The van der Waals surface area contributed by atoms with E-state index in [1.165, 1.54) is 0 Å². The molecule has 0 spiro atoms. The van der Waals surface area contributed by atoms with Gasteiger partial charge in [-0.25, -0.2) is 4.98 Å². The van der Waals surface area contributed by atoms with Gasteiger partial charge < -0.3 is 4.90 Å². The zero-order chi connectivity index (χ0) is 12.0. The number of imidazole rings is 1. The van der Waals surface area contributed by atoms with Crippen LogP contribution >= 0.6 is 23.8 Å². The highest BCUT2D eigenvalue weighted by Crippen LogP contribution is 2.27. The molecule has 0 aliphatic carbocycles. The molecule has 0 saturated carbocycles. The lowest BCUT2D eigenvalue weighted by Crippen LogP contribution is -2.24. The van der Waals surface area contributed by atoms with E-state index in [4.69, 9.17) is 23.8 Å². The van der Waals surface area contributed by atoms with Crippen LogP contribution in [0.5, 0.6) is 0 Å². The predicted molar refractivity (Wildman–Crippen MR) is 71.7 cm³/mol. The molecule has 2 heterocycles. The third kappa shape index (κ3) is 1.56. The zero-order valence-corrected chi connectivity index (χ0v) is 10.8. The second-order valence-electron chi connectivity index (χ2n) is 4.03. The second kappa shape index (κ2) is 3.82. The molecule has 17 heavy (non-hydrogen) atoms. The summed E-state index contributed by atoms with van der Waals surface area (Å²) >= 11 is 11.6. The summed E-state index contributed by atoms with van der Waals surface area (Å²) in [6, 6.07) is 8.03. The number of fused-ring (bicyclic) bond motifs is 3. The largest absolute Gasteiger partial charge is 0.359 e. The molecule has 0 saturated heterocycles. The monoisotopic (exact) mass is 263 g/mol. The molecular weight excluding hydrogens is 254 g/mol. The maximum atomic E-state index is 6.11. The van der Waals surface area contributed by atoms with Gasteiger partial charge in [-0.1, -0.05) is 36.0 Å². The minimum Gasteiger partial charge on any atom is -0.359 e. The first-order valence-corrected chi connectivity index (χ1v) is 6.03. The fourth-order valence-electron chi connectivity index (χ4n) is 2.07. The Morgan fingerprint density at radius 3 is 2.94 bits per heavy atom. The molecule has 0 N–H and O–H groups in total. The average Bonchev–Trinajstić information content (AvgIpc) is 2.65. The molecule has 0 amide bonds. The number of hydrogen-bond acceptors (Lipinski definition) is 2. The summed E-state index contributed by atoms with van der Waals surface area (Å²) in [4.78, 5) is 7.00. The second-order valence-corrected chi connectivity index (χ2v) is 4.78. The molecule has 0 fully saturated rings. The molecule has 1 aromatic heterocycles. The van der Waals surface area contributed by atoms with Gasteiger partial charge in [0.1, 0.15) is 11.3 Å². The van der Waals surface area contributed by atoms with Crippen LogP contribution in [0.15, 0.2) is 30.6 Å². The molecule has 86 valence electrons. The van der Waals surface area contributed by atoms with E-state index in [1.54, 1.807) is 6.33 Å². The van der Waals surface area contributed by atoms with Crippen LogP contribution in [0.4, 0.5) is 0 Å². The summed E-state index contributed by atoms with van der Waals surface area (Å²) in [6.07, 6.45) is 1.75. The standard InChI is InChI=1S/C12H10ClN3S/c1-15-6-10-11(13)14-7-16(10)9-5-3-2-4-8(9)12(15)17/h2-5,7H,6H2,1H3. The number of hydrogen-bond donors (Lipinski definition) is 0. The normalized spacial score (nSPS) is 14.2. The van der Waals surface area contributed by atoms with Crippen LogP contribution in [0.2, 0.25) is 5.15 Å². The number of para-hydroxylation sites is 1. The summed E-state index contributed by atoms with van der Waals surface area (Å²) in [7, 11) is 1.97. The van der Waals surface area contributed by atoms with Gasteiger partial charge in [0.15, 0.2) is 5.15 Å². The van der Waals surface area contributed by atoms with E-state index in [9.17, 15) is 0 Å². The van der Waals surface area contributed by atoms with Crippen molar-refractivity contribution in [1.29, 1.82) is 0 Å². The maximum absolute atomic E-state index is 6.11. The van der Waals surface area contributed by atoms with Crippen LogP contribution in [0.1, 0.15) is 11.3 Å². The Labute approximate surface area is 110 Å². The van der Waals surface area contributed by atoms with Gasteiger partial charge in [-0.2, -0.15) is 0 Å². The summed E-state index contributed by atoms with van der Waals surface area (Å²) in [5.74, 6) is 0. The van der Waals surface area contributed by atoms with Crippen molar-refractivity contribution in [2.24, 2.45) is 0 Å². The minimum atomic E-state index is 0.538. The van der Waals surface area contributed by atoms with Crippen molar-refractivity contribution in [3.8, 4) is 5.69 Å². The molecule has 0 unspecified atom stereocenters. The quantitative estimate of drug-likeness (QED) is 0.682. The Morgan fingerprint density at radius 2 is 2.12 bits per heavy atom. The number of benzene rings is 1. The van der Waals surface area contributed by atoms with Crippen LogP contribution in [-0.2, 0) is 6.54 Å². The van der Waals surface area contributed by atoms with Crippen molar-refractivity contribution in [2.75, 3.05) is 7.05 Å². The SMILES string of the molecule is CN1Cc2c(Cl)ncn2-c2ccccc2C1=S. The van der Waals surface area contributed by atoms with Crippen LogP contribution in [0.25, 0.3) is 5.69 Å². The molecular formula is C12H10ClN3S. The molecule has 2 aromatic rings. The molecule has 1 aliphatic heterocycles. The minimum absolute atomic E-state index is 0.538. The Bertz CT molecular complexity index is 606. The van der Waals surface area contributed by atoms with E-state index < -0.39 is 0 Å². The van der Waals surface area contributed by atoms with Crippen molar-refractivity contribution in [3.63, 3.8) is 0 Å². The van der Waals surface area contributed by atoms with Crippen molar-refractivity contribution >= 4 is 28.8 Å². The lowest BCUT2D eigenvalue weighted by atomic mass is 10.1. The summed E-state index contributed by atoms with van der Waals surface area (Å²) < 4.78 is 2.01. The number of rotatable bonds is 0. The van der Waals surface area contributed by atoms with Gasteiger partial charge >= 0.3 is 0 Å². The highest BCUT2D eigenvalue weighted by Gasteiger charge is 2.22. The third-order valence-corrected chi connectivity index (χ3v) is 3.79. The Balaban J connectivity index is 2.33. The molecule has 5 heteroatoms. The van der Waals surface area contributed by atoms with E-state index in [2.05, 4.69) is 4.98 Å². The van der Waals surface area contributed by atoms with Gasteiger partial charge in [0.2, 0.25) is 0 Å². The first-order chi connectivity index (χ1) is 8.18. The van der Waals surface area contributed by atoms with Gasteiger partial charge in [0.05, 0.1) is 17.9 Å². The fourth-order valence-corrected chi connectivity index (χ4v) is 2.50. The van der Waals surface area contributed by atoms with Crippen molar-refractivity contribution in [2.45, 2.75) is 6.54 Å². The third-order valence-electron chi connectivity index (χ3n) is 2.94. The molecule has 3 nitrogen and oxygen atoms in total. The molecule has 3 rings (SSSR count). The van der Waals surface area contributed by atoms with Crippen LogP contribution in [-0.4, -0.2) is 26.5 Å². The van der Waals surface area contributed by atoms with Crippen molar-refractivity contribution in [3.05, 3.63) is 47.0 Å². The van der Waals surface area contributed by atoms with E-state index >= 15 is 0 Å². The Kier molecular flexibility index (Phi) is 2.42. The summed E-state index contributed by atoms with van der Waals surface area (Å²) in [5, 5.41) is 0.538. The summed E-state index contributed by atoms with van der Waals surface area (Å²) in [6.45, 7) is 0.673. The van der Waals surface area contributed by atoms with Crippen LogP contribution in [0, 0.1) is 0 Å². The molecule has 1 aromatic carbocycles. The van der Waals surface area contributed by atoms with Gasteiger partial charge in [-0.05, 0) is 12.1 Å². The lowest BCUT2D eigenvalue weighted by molar-refractivity contribution is 0.503. The lowest BCUT2D eigenvalue weighted by Gasteiger charge is -2.17. The van der Waals surface area contributed by atoms with E-state index in [-0.39, 0.29) is 0 Å². The van der Waals surface area contributed by atoms with Crippen molar-refractivity contribution in [1.82, 2.24) is 14.5 Å². The maximum Gasteiger partial charge on any atom is 0.152 e. The number of aromatic nitrogens is 2. The average molecular weight is 264 g/mol. The highest BCUT2D eigenvalue weighted by atomic mass is 35.5. The van der Waals surface area contributed by atoms with Crippen LogP contribution in [0.3, 0.4) is 0 Å². The molecule has 0 bridgehead atoms. The Morgan fingerprint density at radius 1 is 1.35 bits per heavy atom.